The summed E-state index contributed by atoms with van der Waals surface area (Å²) in [6, 6.07) is 2.34. The predicted molar refractivity (Wildman–Crippen MR) is 73.9 cm³/mol. The second-order valence-corrected chi connectivity index (χ2v) is 5.94. The Hall–Kier alpha value is -0.280. The molecule has 96 valence electrons. The Balaban J connectivity index is 2.03. The Morgan fingerprint density at radius 1 is 1.41 bits per heavy atom. The number of hydrogen-bond acceptors (Lipinski definition) is 2. The zero-order valence-corrected chi connectivity index (χ0v) is 12.3. The van der Waals surface area contributed by atoms with Crippen LogP contribution in [-0.4, -0.2) is 7.05 Å². The average molecular weight is 300 g/mol. The van der Waals surface area contributed by atoms with Crippen molar-refractivity contribution in [3.8, 4) is 0 Å². The van der Waals surface area contributed by atoms with Crippen LogP contribution in [0.1, 0.15) is 50.8 Å². The highest BCUT2D eigenvalue weighted by atomic mass is 79.9. The average Bonchev–Trinajstić information content (AvgIpc) is 2.78. The summed E-state index contributed by atoms with van der Waals surface area (Å²) in [5.41, 5.74) is 0. The third kappa shape index (κ3) is 2.94. The molecule has 1 aliphatic carbocycles. The summed E-state index contributed by atoms with van der Waals surface area (Å²) in [5, 5.41) is 3.42. The molecule has 1 aromatic rings. The van der Waals surface area contributed by atoms with Crippen LogP contribution in [-0.2, 0) is 0 Å². The molecule has 1 aliphatic rings. The quantitative estimate of drug-likeness (QED) is 0.884. The first-order valence-corrected chi connectivity index (χ1v) is 7.45. The molecule has 0 bridgehead atoms. The Labute approximate surface area is 112 Å². The van der Waals surface area contributed by atoms with E-state index in [1.165, 1.54) is 32.1 Å². The Bertz CT molecular complexity index is 342. The van der Waals surface area contributed by atoms with E-state index in [1.807, 2.05) is 13.1 Å². The molecule has 0 spiro atoms. The van der Waals surface area contributed by atoms with Crippen LogP contribution in [0.25, 0.3) is 0 Å². The highest BCUT2D eigenvalue weighted by molar-refractivity contribution is 9.10. The number of nitrogens with one attached hydrogen (secondary N) is 1. The van der Waals surface area contributed by atoms with Gasteiger partial charge >= 0.3 is 0 Å². The third-order valence-electron chi connectivity index (χ3n) is 4.18. The molecule has 17 heavy (non-hydrogen) atoms. The molecule has 1 unspecified atom stereocenters. The molecule has 0 aliphatic heterocycles. The van der Waals surface area contributed by atoms with Gasteiger partial charge in [-0.1, -0.05) is 26.2 Å². The van der Waals surface area contributed by atoms with Crippen molar-refractivity contribution in [3.63, 3.8) is 0 Å². The van der Waals surface area contributed by atoms with Gasteiger partial charge in [-0.25, -0.2) is 0 Å². The van der Waals surface area contributed by atoms with Crippen molar-refractivity contribution >= 4 is 15.9 Å². The highest BCUT2D eigenvalue weighted by Crippen LogP contribution is 2.39. The lowest BCUT2D eigenvalue weighted by molar-refractivity contribution is 0.207. The lowest BCUT2D eigenvalue weighted by Gasteiger charge is -2.32. The molecule has 2 rings (SSSR count). The Kier molecular flexibility index (Phi) is 4.69. The summed E-state index contributed by atoms with van der Waals surface area (Å²) in [6.07, 6.45) is 8.48. The van der Waals surface area contributed by atoms with Gasteiger partial charge in [-0.2, -0.15) is 0 Å². The minimum atomic E-state index is 0.359. The maximum absolute atomic E-state index is 5.61. The molecular formula is C14H22BrNO. The maximum atomic E-state index is 5.61. The summed E-state index contributed by atoms with van der Waals surface area (Å²) in [4.78, 5) is 0. The van der Waals surface area contributed by atoms with Gasteiger partial charge in [0.2, 0.25) is 0 Å². The molecule has 0 saturated heterocycles. The van der Waals surface area contributed by atoms with Crippen LogP contribution in [0.3, 0.4) is 0 Å². The van der Waals surface area contributed by atoms with E-state index < -0.39 is 0 Å². The van der Waals surface area contributed by atoms with Gasteiger partial charge in [0.1, 0.15) is 5.76 Å². The zero-order valence-electron chi connectivity index (χ0n) is 10.7. The SMILES string of the molecule is CCC1CCC(C(NC)c2occc2Br)CC1. The Morgan fingerprint density at radius 3 is 2.59 bits per heavy atom. The number of rotatable bonds is 4. The van der Waals surface area contributed by atoms with Crippen LogP contribution < -0.4 is 5.32 Å². The normalized spacial score (nSPS) is 27.0. The van der Waals surface area contributed by atoms with Crippen molar-refractivity contribution in [2.24, 2.45) is 11.8 Å². The van der Waals surface area contributed by atoms with Crippen molar-refractivity contribution in [3.05, 3.63) is 22.6 Å². The second-order valence-electron chi connectivity index (χ2n) is 5.09. The van der Waals surface area contributed by atoms with Crippen molar-refractivity contribution in [1.29, 1.82) is 0 Å². The molecule has 1 heterocycles. The molecule has 1 fully saturated rings. The molecule has 3 heteroatoms. The van der Waals surface area contributed by atoms with Gasteiger partial charge in [0.05, 0.1) is 16.8 Å². The van der Waals surface area contributed by atoms with E-state index in [1.54, 1.807) is 6.26 Å². The standard InChI is InChI=1S/C14H22BrNO/c1-3-10-4-6-11(7-5-10)13(16-2)14-12(15)8-9-17-14/h8-11,13,16H,3-7H2,1-2H3. The van der Waals surface area contributed by atoms with E-state index in [2.05, 4.69) is 28.2 Å². The minimum absolute atomic E-state index is 0.359. The fourth-order valence-electron chi connectivity index (χ4n) is 3.04. The molecule has 0 amide bonds. The molecule has 1 atom stereocenters. The van der Waals surface area contributed by atoms with Gasteiger partial charge in [-0.15, -0.1) is 0 Å². The summed E-state index contributed by atoms with van der Waals surface area (Å²) in [6.45, 7) is 2.31. The third-order valence-corrected chi connectivity index (χ3v) is 4.83. The topological polar surface area (TPSA) is 25.2 Å². The fraction of sp³-hybridized carbons (Fsp3) is 0.714. The molecule has 0 aromatic carbocycles. The summed E-state index contributed by atoms with van der Waals surface area (Å²) >= 11 is 3.57. The van der Waals surface area contributed by atoms with Gasteiger partial charge < -0.3 is 9.73 Å². The van der Waals surface area contributed by atoms with E-state index in [-0.39, 0.29) is 0 Å². The predicted octanol–water partition coefficient (Wildman–Crippen LogP) is 4.52. The number of furan rings is 1. The van der Waals surface area contributed by atoms with Crippen LogP contribution in [0.2, 0.25) is 0 Å². The van der Waals surface area contributed by atoms with E-state index in [9.17, 15) is 0 Å². The number of hydrogen-bond donors (Lipinski definition) is 1. The van der Waals surface area contributed by atoms with Gasteiger partial charge in [0.15, 0.2) is 0 Å². The van der Waals surface area contributed by atoms with E-state index >= 15 is 0 Å². The maximum Gasteiger partial charge on any atom is 0.135 e. The molecular weight excluding hydrogens is 278 g/mol. The number of halogens is 1. The monoisotopic (exact) mass is 299 g/mol. The zero-order chi connectivity index (χ0) is 12.3. The largest absolute Gasteiger partial charge is 0.466 e. The van der Waals surface area contributed by atoms with Crippen LogP contribution in [0.4, 0.5) is 0 Å². The summed E-state index contributed by atoms with van der Waals surface area (Å²) in [7, 11) is 2.03. The first kappa shape index (κ1) is 13.2. The minimum Gasteiger partial charge on any atom is -0.466 e. The van der Waals surface area contributed by atoms with Crippen LogP contribution in [0, 0.1) is 11.8 Å². The van der Waals surface area contributed by atoms with E-state index in [4.69, 9.17) is 4.42 Å². The van der Waals surface area contributed by atoms with Crippen molar-refractivity contribution in [2.45, 2.75) is 45.1 Å². The van der Waals surface area contributed by atoms with Gasteiger partial charge in [0.25, 0.3) is 0 Å². The van der Waals surface area contributed by atoms with E-state index in [0.29, 0.717) is 12.0 Å². The van der Waals surface area contributed by atoms with Crippen LogP contribution in [0.5, 0.6) is 0 Å². The molecule has 1 aromatic heterocycles. The smallest absolute Gasteiger partial charge is 0.135 e. The van der Waals surface area contributed by atoms with Gasteiger partial charge in [0, 0.05) is 0 Å². The lowest BCUT2D eigenvalue weighted by atomic mass is 9.77. The van der Waals surface area contributed by atoms with Gasteiger partial charge in [-0.3, -0.25) is 0 Å². The van der Waals surface area contributed by atoms with Gasteiger partial charge in [-0.05, 0) is 53.7 Å². The van der Waals surface area contributed by atoms with Crippen LogP contribution in [0.15, 0.2) is 21.2 Å². The molecule has 2 nitrogen and oxygen atoms in total. The van der Waals surface area contributed by atoms with Crippen LogP contribution >= 0.6 is 15.9 Å². The first-order valence-electron chi connectivity index (χ1n) is 6.66. The fourth-order valence-corrected chi connectivity index (χ4v) is 3.49. The summed E-state index contributed by atoms with van der Waals surface area (Å²) in [5.74, 6) is 2.72. The summed E-state index contributed by atoms with van der Waals surface area (Å²) < 4.78 is 6.71. The lowest BCUT2D eigenvalue weighted by Crippen LogP contribution is -2.28. The molecule has 1 saturated carbocycles. The second kappa shape index (κ2) is 6.05. The Morgan fingerprint density at radius 2 is 2.12 bits per heavy atom. The molecule has 1 N–H and O–H groups in total. The first-order chi connectivity index (χ1) is 8.26. The van der Waals surface area contributed by atoms with Crippen molar-refractivity contribution < 1.29 is 4.42 Å². The van der Waals surface area contributed by atoms with E-state index in [0.717, 1.165) is 16.2 Å². The van der Waals surface area contributed by atoms with Crippen molar-refractivity contribution in [2.75, 3.05) is 7.05 Å². The van der Waals surface area contributed by atoms with Crippen molar-refractivity contribution in [1.82, 2.24) is 5.32 Å². The molecule has 0 radical (unpaired) electrons. The highest BCUT2D eigenvalue weighted by Gasteiger charge is 2.29.